The molecule has 0 aliphatic carbocycles. The van der Waals surface area contributed by atoms with Crippen LogP contribution in [0.15, 0.2) is 30.5 Å². The maximum atomic E-state index is 4.65. The minimum atomic E-state index is 0. The van der Waals surface area contributed by atoms with E-state index in [4.69, 9.17) is 0 Å². The summed E-state index contributed by atoms with van der Waals surface area (Å²) in [6, 6.07) is 8.54. The maximum Gasteiger partial charge on any atom is 0.136 e. The average molecular weight is 369 g/mol. The van der Waals surface area contributed by atoms with Crippen molar-refractivity contribution in [3.63, 3.8) is 0 Å². The van der Waals surface area contributed by atoms with Crippen molar-refractivity contribution in [3.05, 3.63) is 36.0 Å². The van der Waals surface area contributed by atoms with Gasteiger partial charge in [0, 0.05) is 30.7 Å². The number of para-hydroxylation sites is 1. The number of hydrogen-bond donors (Lipinski definition) is 1. The molecule has 0 aliphatic heterocycles. The minimum Gasteiger partial charge on any atom is -0.369 e. The number of nitrogens with zero attached hydrogens (tertiary/aromatic N) is 3. The summed E-state index contributed by atoms with van der Waals surface area (Å²) in [5, 5.41) is 6.03. The van der Waals surface area contributed by atoms with E-state index in [9.17, 15) is 0 Å². The number of nitrogens with one attached hydrogen (secondary N) is 1. The van der Waals surface area contributed by atoms with Crippen molar-refractivity contribution in [2.24, 2.45) is 7.05 Å². The molecule has 1 N–H and O–H groups in total. The number of rotatable bonds is 5. The molecule has 0 radical (unpaired) electrons. The van der Waals surface area contributed by atoms with E-state index in [1.54, 1.807) is 0 Å². The van der Waals surface area contributed by atoms with Crippen LogP contribution in [0.3, 0.4) is 0 Å². The van der Waals surface area contributed by atoms with Crippen molar-refractivity contribution in [3.8, 4) is 0 Å². The second-order valence-corrected chi connectivity index (χ2v) is 6.17. The second kappa shape index (κ2) is 8.56. The van der Waals surface area contributed by atoms with Crippen LogP contribution in [0, 0.1) is 6.92 Å². The van der Waals surface area contributed by atoms with Crippen molar-refractivity contribution >= 4 is 52.4 Å². The fourth-order valence-corrected chi connectivity index (χ4v) is 3.12. The van der Waals surface area contributed by atoms with E-state index >= 15 is 0 Å². The molecule has 4 nitrogen and oxygen atoms in total. The Labute approximate surface area is 156 Å². The Morgan fingerprint density at radius 2 is 1.88 bits per heavy atom. The number of benzene rings is 1. The number of fused-ring (bicyclic) bond motifs is 3. The van der Waals surface area contributed by atoms with E-state index in [0.29, 0.717) is 0 Å². The smallest absolute Gasteiger partial charge is 0.136 e. The van der Waals surface area contributed by atoms with Crippen molar-refractivity contribution in [1.82, 2.24) is 14.5 Å². The zero-order valence-corrected chi connectivity index (χ0v) is 16.3. The van der Waals surface area contributed by atoms with Crippen LogP contribution < -0.4 is 5.32 Å². The molecule has 0 unspecified atom stereocenters. The van der Waals surface area contributed by atoms with E-state index in [1.165, 1.54) is 27.4 Å². The van der Waals surface area contributed by atoms with Gasteiger partial charge in [-0.15, -0.1) is 24.8 Å². The van der Waals surface area contributed by atoms with Gasteiger partial charge in [-0.3, -0.25) is 0 Å². The Kier molecular flexibility index (Phi) is 7.33. The number of aromatic nitrogens is 2. The first-order valence-corrected chi connectivity index (χ1v) is 7.81. The quantitative estimate of drug-likeness (QED) is 0.683. The molecule has 0 aliphatic rings. The van der Waals surface area contributed by atoms with Gasteiger partial charge in [0.2, 0.25) is 0 Å². The monoisotopic (exact) mass is 368 g/mol. The molecule has 2 heterocycles. The highest BCUT2D eigenvalue weighted by atomic mass is 35.5. The van der Waals surface area contributed by atoms with Crippen LogP contribution in [0.2, 0.25) is 0 Å². The highest BCUT2D eigenvalue weighted by molar-refractivity contribution is 6.13. The third kappa shape index (κ3) is 3.77. The summed E-state index contributed by atoms with van der Waals surface area (Å²) < 4.78 is 2.27. The van der Waals surface area contributed by atoms with Gasteiger partial charge in [-0.1, -0.05) is 18.2 Å². The zero-order chi connectivity index (χ0) is 15.7. The number of anilines is 1. The molecular formula is C18H26Cl2N4. The topological polar surface area (TPSA) is 33.1 Å². The molecule has 0 fully saturated rings. The first-order chi connectivity index (χ1) is 10.6. The van der Waals surface area contributed by atoms with Crippen LogP contribution in [-0.4, -0.2) is 41.6 Å². The number of hydrogen-bond acceptors (Lipinski definition) is 3. The Hall–Kier alpha value is -1.49. The number of halogens is 2. The second-order valence-electron chi connectivity index (χ2n) is 6.17. The van der Waals surface area contributed by atoms with E-state index in [1.807, 2.05) is 6.20 Å². The molecule has 6 heteroatoms. The molecule has 132 valence electrons. The van der Waals surface area contributed by atoms with Gasteiger partial charge in [0.05, 0.1) is 10.9 Å². The lowest BCUT2D eigenvalue weighted by atomic mass is 10.1. The zero-order valence-electron chi connectivity index (χ0n) is 14.7. The van der Waals surface area contributed by atoms with Gasteiger partial charge in [0.15, 0.2) is 0 Å². The summed E-state index contributed by atoms with van der Waals surface area (Å²) in [6.07, 6.45) is 3.07. The van der Waals surface area contributed by atoms with Gasteiger partial charge >= 0.3 is 0 Å². The molecule has 2 aromatic heterocycles. The fraction of sp³-hybridized carbons (Fsp3) is 0.389. The molecule has 0 saturated carbocycles. The summed E-state index contributed by atoms with van der Waals surface area (Å²) in [6.45, 7) is 4.15. The Morgan fingerprint density at radius 3 is 2.58 bits per heavy atom. The van der Waals surface area contributed by atoms with Crippen LogP contribution in [-0.2, 0) is 7.05 Å². The van der Waals surface area contributed by atoms with Crippen molar-refractivity contribution in [1.29, 1.82) is 0 Å². The van der Waals surface area contributed by atoms with Crippen molar-refractivity contribution < 1.29 is 0 Å². The van der Waals surface area contributed by atoms with Gasteiger partial charge < -0.3 is 14.8 Å². The molecular weight excluding hydrogens is 343 g/mol. The summed E-state index contributed by atoms with van der Waals surface area (Å²) in [5.74, 6) is 0.996. The molecule has 0 atom stereocenters. The SMILES string of the molecule is Cc1cnc(NCCCN(C)C)c2c3ccccc3n(C)c12.Cl.Cl. The predicted molar refractivity (Wildman–Crippen MR) is 109 cm³/mol. The summed E-state index contributed by atoms with van der Waals surface area (Å²) in [4.78, 5) is 6.85. The van der Waals surface area contributed by atoms with Crippen molar-refractivity contribution in [2.75, 3.05) is 32.5 Å². The summed E-state index contributed by atoms with van der Waals surface area (Å²) in [7, 11) is 6.34. The van der Waals surface area contributed by atoms with Gasteiger partial charge in [0.1, 0.15) is 5.82 Å². The predicted octanol–water partition coefficient (Wildman–Crippen LogP) is 4.24. The van der Waals surface area contributed by atoms with E-state index in [2.05, 4.69) is 72.1 Å². The van der Waals surface area contributed by atoms with Crippen LogP contribution in [0.1, 0.15) is 12.0 Å². The normalized spacial score (nSPS) is 10.7. The van der Waals surface area contributed by atoms with Crippen LogP contribution in [0.5, 0.6) is 0 Å². The molecule has 0 bridgehead atoms. The molecule has 0 saturated heterocycles. The first-order valence-electron chi connectivity index (χ1n) is 7.81. The first kappa shape index (κ1) is 20.6. The van der Waals surface area contributed by atoms with Crippen LogP contribution in [0.25, 0.3) is 21.8 Å². The molecule has 0 spiro atoms. The lowest BCUT2D eigenvalue weighted by Gasteiger charge is -2.11. The Morgan fingerprint density at radius 1 is 1.17 bits per heavy atom. The Bertz CT molecular complexity index is 811. The number of pyridine rings is 1. The van der Waals surface area contributed by atoms with Crippen LogP contribution in [0.4, 0.5) is 5.82 Å². The van der Waals surface area contributed by atoms with E-state index < -0.39 is 0 Å². The van der Waals surface area contributed by atoms with Gasteiger partial charge in [-0.2, -0.15) is 0 Å². The van der Waals surface area contributed by atoms with Crippen molar-refractivity contribution in [2.45, 2.75) is 13.3 Å². The summed E-state index contributed by atoms with van der Waals surface area (Å²) >= 11 is 0. The van der Waals surface area contributed by atoms with Gasteiger partial charge in [0.25, 0.3) is 0 Å². The number of aryl methyl sites for hydroxylation is 2. The van der Waals surface area contributed by atoms with Gasteiger partial charge in [-0.25, -0.2) is 4.98 Å². The summed E-state index contributed by atoms with van der Waals surface area (Å²) in [5.41, 5.74) is 3.74. The maximum absolute atomic E-state index is 4.65. The van der Waals surface area contributed by atoms with Crippen LogP contribution >= 0.6 is 24.8 Å². The largest absolute Gasteiger partial charge is 0.369 e. The van der Waals surface area contributed by atoms with E-state index in [-0.39, 0.29) is 24.8 Å². The molecule has 0 amide bonds. The average Bonchev–Trinajstić information content (AvgIpc) is 2.81. The molecule has 3 aromatic rings. The highest BCUT2D eigenvalue weighted by Gasteiger charge is 2.14. The van der Waals surface area contributed by atoms with E-state index in [0.717, 1.165) is 25.3 Å². The highest BCUT2D eigenvalue weighted by Crippen LogP contribution is 2.33. The molecule has 1 aromatic carbocycles. The molecule has 24 heavy (non-hydrogen) atoms. The van der Waals surface area contributed by atoms with Gasteiger partial charge in [-0.05, 0) is 45.6 Å². The standard InChI is InChI=1S/C18H24N4.2ClH/c1-13-12-20-18(19-10-7-11-21(2)3)16-14-8-5-6-9-15(14)22(4)17(13)16;;/h5-6,8-9,12H,7,10-11H2,1-4H3,(H,19,20);2*1H. The fourth-order valence-electron chi connectivity index (χ4n) is 3.12. The third-order valence-electron chi connectivity index (χ3n) is 4.18. The minimum absolute atomic E-state index is 0. The lowest BCUT2D eigenvalue weighted by molar-refractivity contribution is 0.405. The lowest BCUT2D eigenvalue weighted by Crippen LogP contribution is -2.16. The Balaban J connectivity index is 0.00000144. The third-order valence-corrected chi connectivity index (χ3v) is 4.18. The molecule has 3 rings (SSSR count).